The average Bonchev–Trinajstić information content (AvgIpc) is 2.43. The molecule has 118 valence electrons. The van der Waals surface area contributed by atoms with E-state index in [0.29, 0.717) is 12.0 Å². The molecule has 0 fully saturated rings. The van der Waals surface area contributed by atoms with Crippen LogP contribution in [0.3, 0.4) is 0 Å². The molecule has 0 aliphatic heterocycles. The molecule has 1 atom stereocenters. The maximum Gasteiger partial charge on any atom is 0.258 e. The highest BCUT2D eigenvalue weighted by Gasteiger charge is 2.14. The summed E-state index contributed by atoms with van der Waals surface area (Å²) in [5.74, 6) is -0.586. The molecule has 0 spiro atoms. The van der Waals surface area contributed by atoms with Crippen LogP contribution in [0.4, 0.5) is 4.39 Å². The summed E-state index contributed by atoms with van der Waals surface area (Å²) in [5.41, 5.74) is 6.42. The number of nitrogens with two attached hydrogens (primary N) is 1. The second-order valence-electron chi connectivity index (χ2n) is 5.28. The lowest BCUT2D eigenvalue weighted by molar-refractivity contribution is -0.123. The predicted molar refractivity (Wildman–Crippen MR) is 81.8 cm³/mol. The number of para-hydroxylation sites is 1. The molecule has 1 aromatic rings. The first-order chi connectivity index (χ1) is 9.97. The maximum absolute atomic E-state index is 13.8. The van der Waals surface area contributed by atoms with Crippen molar-refractivity contribution in [2.75, 3.05) is 6.61 Å². The molecular weight excluding hydrogens is 271 g/mol. The van der Waals surface area contributed by atoms with Crippen molar-refractivity contribution in [1.29, 1.82) is 0 Å². The van der Waals surface area contributed by atoms with E-state index in [1.54, 1.807) is 12.1 Å². The summed E-state index contributed by atoms with van der Waals surface area (Å²) in [6, 6.07) is 4.72. The van der Waals surface area contributed by atoms with Gasteiger partial charge in [-0.2, -0.15) is 0 Å². The number of hydrogen-bond donors (Lipinski definition) is 2. The van der Waals surface area contributed by atoms with Crippen molar-refractivity contribution in [3.05, 3.63) is 29.6 Å². The fraction of sp³-hybridized carbons (Fsp3) is 0.562. The van der Waals surface area contributed by atoms with Gasteiger partial charge >= 0.3 is 0 Å². The Labute approximate surface area is 125 Å². The molecule has 21 heavy (non-hydrogen) atoms. The molecule has 0 aromatic heterocycles. The van der Waals surface area contributed by atoms with Crippen molar-refractivity contribution in [1.82, 2.24) is 5.32 Å². The molecule has 1 amide bonds. The lowest BCUT2D eigenvalue weighted by Crippen LogP contribution is -2.37. The van der Waals surface area contributed by atoms with Gasteiger partial charge in [0, 0.05) is 12.1 Å². The predicted octanol–water partition coefficient (Wildman–Crippen LogP) is 2.40. The third kappa shape index (κ3) is 5.71. The minimum absolute atomic E-state index is 0.104. The molecule has 1 unspecified atom stereocenters. The number of carbonyl (C=O) groups excluding carboxylic acids is 1. The van der Waals surface area contributed by atoms with E-state index in [9.17, 15) is 9.18 Å². The Bertz CT molecular complexity index is 460. The number of rotatable bonds is 8. The Morgan fingerprint density at radius 2 is 2.05 bits per heavy atom. The number of carbonyl (C=O) groups is 1. The average molecular weight is 296 g/mol. The third-order valence-electron chi connectivity index (χ3n) is 3.29. The maximum atomic E-state index is 13.8. The van der Waals surface area contributed by atoms with Gasteiger partial charge < -0.3 is 15.8 Å². The van der Waals surface area contributed by atoms with Crippen LogP contribution < -0.4 is 15.8 Å². The van der Waals surface area contributed by atoms with Crippen molar-refractivity contribution in [2.24, 2.45) is 5.73 Å². The molecule has 1 aromatic carbocycles. The molecule has 1 rings (SSSR count). The van der Waals surface area contributed by atoms with E-state index in [2.05, 4.69) is 5.32 Å². The molecule has 5 heteroatoms. The van der Waals surface area contributed by atoms with E-state index in [0.717, 1.165) is 12.8 Å². The third-order valence-corrected chi connectivity index (χ3v) is 3.29. The van der Waals surface area contributed by atoms with E-state index >= 15 is 0 Å². The highest BCUT2D eigenvalue weighted by atomic mass is 19.1. The van der Waals surface area contributed by atoms with Crippen LogP contribution >= 0.6 is 0 Å². The van der Waals surface area contributed by atoms with Gasteiger partial charge in [-0.3, -0.25) is 4.79 Å². The second kappa shape index (κ2) is 8.62. The number of nitrogens with one attached hydrogen (secondary N) is 1. The molecule has 0 saturated carbocycles. The molecule has 0 aliphatic rings. The number of amides is 1. The van der Waals surface area contributed by atoms with Crippen LogP contribution in [0.25, 0.3) is 0 Å². The zero-order valence-corrected chi connectivity index (χ0v) is 13.0. The first-order valence-corrected chi connectivity index (χ1v) is 7.43. The van der Waals surface area contributed by atoms with Crippen LogP contribution in [0.15, 0.2) is 18.2 Å². The number of benzene rings is 1. The smallest absolute Gasteiger partial charge is 0.258 e. The van der Waals surface area contributed by atoms with Crippen molar-refractivity contribution >= 4 is 5.91 Å². The van der Waals surface area contributed by atoms with Crippen molar-refractivity contribution in [3.8, 4) is 5.75 Å². The zero-order valence-electron chi connectivity index (χ0n) is 13.0. The van der Waals surface area contributed by atoms with Crippen LogP contribution in [-0.4, -0.2) is 24.6 Å². The first kappa shape index (κ1) is 17.4. The normalized spacial score (nSPS) is 12.3. The largest absolute Gasteiger partial charge is 0.480 e. The topological polar surface area (TPSA) is 64.3 Å². The summed E-state index contributed by atoms with van der Waals surface area (Å²) in [7, 11) is 0. The van der Waals surface area contributed by atoms with Crippen molar-refractivity contribution in [2.45, 2.75) is 52.1 Å². The zero-order chi connectivity index (χ0) is 15.8. The standard InChI is InChI=1S/C16H25FN2O2/c1-4-13(5-2)19-15(20)10-21-16-12(9-11(3)18)7-6-8-14(16)17/h6-8,11,13H,4-5,9-10,18H2,1-3H3,(H,19,20). The summed E-state index contributed by atoms with van der Waals surface area (Å²) in [4.78, 5) is 11.8. The molecular formula is C16H25FN2O2. The van der Waals surface area contributed by atoms with Gasteiger partial charge in [-0.25, -0.2) is 4.39 Å². The van der Waals surface area contributed by atoms with E-state index in [4.69, 9.17) is 10.5 Å². The summed E-state index contributed by atoms with van der Waals surface area (Å²) < 4.78 is 19.2. The minimum atomic E-state index is -0.469. The monoisotopic (exact) mass is 296 g/mol. The Balaban J connectivity index is 2.68. The van der Waals surface area contributed by atoms with Gasteiger partial charge in [-0.05, 0) is 37.8 Å². The minimum Gasteiger partial charge on any atom is -0.480 e. The second-order valence-corrected chi connectivity index (χ2v) is 5.28. The van der Waals surface area contributed by atoms with Gasteiger partial charge in [0.1, 0.15) is 0 Å². The first-order valence-electron chi connectivity index (χ1n) is 7.43. The number of hydrogen-bond acceptors (Lipinski definition) is 3. The summed E-state index contributed by atoms with van der Waals surface area (Å²) >= 11 is 0. The van der Waals surface area contributed by atoms with Crippen LogP contribution in [0.1, 0.15) is 39.2 Å². The fourth-order valence-corrected chi connectivity index (χ4v) is 2.12. The van der Waals surface area contributed by atoms with E-state index in [1.807, 2.05) is 20.8 Å². The Morgan fingerprint density at radius 1 is 1.38 bits per heavy atom. The van der Waals surface area contributed by atoms with Crippen LogP contribution in [-0.2, 0) is 11.2 Å². The van der Waals surface area contributed by atoms with Crippen LogP contribution in [0.5, 0.6) is 5.75 Å². The van der Waals surface area contributed by atoms with E-state index in [1.165, 1.54) is 6.07 Å². The molecule has 0 bridgehead atoms. The molecule has 0 heterocycles. The summed E-state index contributed by atoms with van der Waals surface area (Å²) in [6.45, 7) is 5.66. The molecule has 0 saturated heterocycles. The van der Waals surface area contributed by atoms with Gasteiger partial charge in [0.25, 0.3) is 5.91 Å². The molecule has 3 N–H and O–H groups in total. The molecule has 0 aliphatic carbocycles. The van der Waals surface area contributed by atoms with Gasteiger partial charge in [-0.15, -0.1) is 0 Å². The number of halogens is 1. The molecule has 4 nitrogen and oxygen atoms in total. The SMILES string of the molecule is CCC(CC)NC(=O)COc1c(F)cccc1CC(C)N. The van der Waals surface area contributed by atoms with Crippen molar-refractivity contribution < 1.29 is 13.9 Å². The van der Waals surface area contributed by atoms with Gasteiger partial charge in [0.05, 0.1) is 0 Å². The Kier molecular flexibility index (Phi) is 7.15. The van der Waals surface area contributed by atoms with Crippen LogP contribution in [0.2, 0.25) is 0 Å². The van der Waals surface area contributed by atoms with E-state index < -0.39 is 5.82 Å². The molecule has 0 radical (unpaired) electrons. The summed E-state index contributed by atoms with van der Waals surface area (Å²) in [5, 5.41) is 2.86. The Morgan fingerprint density at radius 3 is 2.62 bits per heavy atom. The summed E-state index contributed by atoms with van der Waals surface area (Å²) in [6.07, 6.45) is 2.22. The quantitative estimate of drug-likeness (QED) is 0.774. The van der Waals surface area contributed by atoms with Gasteiger partial charge in [-0.1, -0.05) is 26.0 Å². The number of ether oxygens (including phenoxy) is 1. The van der Waals surface area contributed by atoms with Crippen LogP contribution in [0, 0.1) is 5.82 Å². The lowest BCUT2D eigenvalue weighted by atomic mass is 10.1. The fourth-order valence-electron chi connectivity index (χ4n) is 2.12. The highest BCUT2D eigenvalue weighted by Crippen LogP contribution is 2.23. The highest BCUT2D eigenvalue weighted by molar-refractivity contribution is 5.77. The lowest BCUT2D eigenvalue weighted by Gasteiger charge is -2.17. The van der Waals surface area contributed by atoms with Crippen molar-refractivity contribution in [3.63, 3.8) is 0 Å². The van der Waals surface area contributed by atoms with Gasteiger partial charge in [0.15, 0.2) is 18.2 Å². The van der Waals surface area contributed by atoms with Gasteiger partial charge in [0.2, 0.25) is 0 Å². The van der Waals surface area contributed by atoms with E-state index in [-0.39, 0.29) is 30.3 Å². The Hall–Kier alpha value is -1.62.